The Hall–Kier alpha value is -4.19. The Balaban J connectivity index is 1.48. The largest absolute Gasteiger partial charge is 0.461 e. The van der Waals surface area contributed by atoms with Crippen LogP contribution in [0.2, 0.25) is 0 Å². The summed E-state index contributed by atoms with van der Waals surface area (Å²) < 4.78 is 22.8. The van der Waals surface area contributed by atoms with Crippen LogP contribution in [-0.2, 0) is 9.53 Å². The molecule has 0 radical (unpaired) electrons. The third kappa shape index (κ3) is 4.86. The van der Waals surface area contributed by atoms with Gasteiger partial charge in [0.1, 0.15) is 24.1 Å². The molecule has 0 spiro atoms. The van der Waals surface area contributed by atoms with Crippen LogP contribution in [0.3, 0.4) is 0 Å². The molecular weight excluding hydrogens is 505 g/mol. The lowest BCUT2D eigenvalue weighted by Gasteiger charge is -2.29. The Kier molecular flexibility index (Phi) is 7.14. The number of nitrogens with two attached hydrogens (primary N) is 1. The van der Waals surface area contributed by atoms with Gasteiger partial charge in [-0.25, -0.2) is 8.91 Å². The molecule has 0 amide bonds. The number of carbonyl (C=O) groups excluding carboxylic acids is 1. The molecule has 1 fully saturated rings. The monoisotopic (exact) mass is 529 g/mol. The standard InChI is InChI=1S/C27H24FN7O2S/c1-16-23(14-33-35(16)21-3-5-22(6-4-21)37-26(36)12-31)18-9-25(27-19(11-30)13-32-34(27)15-18)38-24-7-2-20(28)8-17(24)10-29/h2,7-9,13-15,21-22H,3-6,12,31H2,1H3. The van der Waals surface area contributed by atoms with Crippen LogP contribution in [0, 0.1) is 35.4 Å². The summed E-state index contributed by atoms with van der Waals surface area (Å²) in [6.45, 7) is 1.90. The van der Waals surface area contributed by atoms with Crippen LogP contribution >= 0.6 is 11.8 Å². The maximum atomic E-state index is 13.7. The molecule has 0 saturated heterocycles. The van der Waals surface area contributed by atoms with Crippen molar-refractivity contribution in [1.82, 2.24) is 19.4 Å². The van der Waals surface area contributed by atoms with Gasteiger partial charge in [-0.2, -0.15) is 20.7 Å². The van der Waals surface area contributed by atoms with Crippen LogP contribution in [0.15, 0.2) is 52.6 Å². The van der Waals surface area contributed by atoms with Crippen molar-refractivity contribution in [2.45, 2.75) is 54.5 Å². The molecule has 3 aromatic heterocycles. The lowest BCUT2D eigenvalue weighted by Crippen LogP contribution is -2.29. The number of nitriles is 2. The van der Waals surface area contributed by atoms with Crippen LogP contribution < -0.4 is 5.73 Å². The lowest BCUT2D eigenvalue weighted by atomic mass is 9.92. The highest BCUT2D eigenvalue weighted by atomic mass is 32.2. The number of nitrogens with zero attached hydrogens (tertiary/aromatic N) is 6. The first-order valence-corrected chi connectivity index (χ1v) is 13.0. The molecule has 9 nitrogen and oxygen atoms in total. The van der Waals surface area contributed by atoms with Gasteiger partial charge in [-0.05, 0) is 56.9 Å². The predicted molar refractivity (Wildman–Crippen MR) is 138 cm³/mol. The van der Waals surface area contributed by atoms with Gasteiger partial charge in [-0.15, -0.1) is 0 Å². The molecule has 38 heavy (non-hydrogen) atoms. The molecule has 3 heterocycles. The van der Waals surface area contributed by atoms with E-state index in [0.29, 0.717) is 20.9 Å². The zero-order valence-electron chi connectivity index (χ0n) is 20.6. The zero-order chi connectivity index (χ0) is 26.8. The number of carbonyl (C=O) groups is 1. The van der Waals surface area contributed by atoms with E-state index in [0.717, 1.165) is 42.5 Å². The van der Waals surface area contributed by atoms with Crippen molar-refractivity contribution >= 4 is 23.2 Å². The zero-order valence-corrected chi connectivity index (χ0v) is 21.4. The maximum Gasteiger partial charge on any atom is 0.319 e. The number of ether oxygens (including phenoxy) is 1. The summed E-state index contributed by atoms with van der Waals surface area (Å²) in [4.78, 5) is 12.8. The Morgan fingerprint density at radius 3 is 2.61 bits per heavy atom. The summed E-state index contributed by atoms with van der Waals surface area (Å²) >= 11 is 1.29. The van der Waals surface area contributed by atoms with Crippen molar-refractivity contribution in [2.24, 2.45) is 5.73 Å². The number of fused-ring (bicyclic) bond motifs is 1. The fraction of sp³-hybridized carbons (Fsp3) is 0.296. The molecule has 1 aliphatic rings. The lowest BCUT2D eigenvalue weighted by molar-refractivity contribution is -0.149. The Morgan fingerprint density at radius 1 is 1.13 bits per heavy atom. The van der Waals surface area contributed by atoms with E-state index in [4.69, 9.17) is 10.5 Å². The number of rotatable bonds is 6. The van der Waals surface area contributed by atoms with Gasteiger partial charge in [0.15, 0.2) is 0 Å². The molecule has 4 aromatic rings. The second-order valence-electron chi connectivity index (χ2n) is 9.12. The van der Waals surface area contributed by atoms with Gasteiger partial charge in [-0.3, -0.25) is 9.48 Å². The molecular formula is C27H24FN7O2S. The van der Waals surface area contributed by atoms with Crippen molar-refractivity contribution in [1.29, 1.82) is 10.5 Å². The first-order chi connectivity index (χ1) is 18.4. The maximum absolute atomic E-state index is 13.7. The summed E-state index contributed by atoms with van der Waals surface area (Å²) in [7, 11) is 0. The molecule has 192 valence electrons. The summed E-state index contributed by atoms with van der Waals surface area (Å²) in [5, 5.41) is 28.2. The smallest absolute Gasteiger partial charge is 0.319 e. The summed E-state index contributed by atoms with van der Waals surface area (Å²) in [6.07, 6.45) is 8.23. The minimum atomic E-state index is -0.485. The molecule has 1 aliphatic carbocycles. The van der Waals surface area contributed by atoms with Crippen molar-refractivity contribution in [3.8, 4) is 23.3 Å². The Bertz CT molecular complexity index is 1610. The number of hydrogen-bond donors (Lipinski definition) is 1. The highest BCUT2D eigenvalue weighted by molar-refractivity contribution is 7.99. The van der Waals surface area contributed by atoms with Gasteiger partial charge < -0.3 is 10.5 Å². The number of pyridine rings is 1. The molecule has 11 heteroatoms. The molecule has 0 aliphatic heterocycles. The van der Waals surface area contributed by atoms with Crippen molar-refractivity contribution in [2.75, 3.05) is 6.54 Å². The first kappa shape index (κ1) is 25.5. The van der Waals surface area contributed by atoms with Crippen LogP contribution in [0.25, 0.3) is 16.6 Å². The quantitative estimate of drug-likeness (QED) is 0.360. The van der Waals surface area contributed by atoms with Crippen molar-refractivity contribution < 1.29 is 13.9 Å². The van der Waals surface area contributed by atoms with E-state index in [-0.39, 0.29) is 30.2 Å². The molecule has 5 rings (SSSR count). The van der Waals surface area contributed by atoms with Crippen LogP contribution in [0.5, 0.6) is 0 Å². The van der Waals surface area contributed by atoms with E-state index in [1.807, 2.05) is 36.1 Å². The van der Waals surface area contributed by atoms with Crippen LogP contribution in [-0.4, -0.2) is 38.0 Å². The number of esters is 1. The fourth-order valence-corrected chi connectivity index (χ4v) is 5.98. The van der Waals surface area contributed by atoms with E-state index >= 15 is 0 Å². The number of aromatic nitrogens is 4. The van der Waals surface area contributed by atoms with E-state index in [1.54, 1.807) is 10.6 Å². The molecule has 0 unspecified atom stereocenters. The van der Waals surface area contributed by atoms with Gasteiger partial charge in [0, 0.05) is 32.8 Å². The second kappa shape index (κ2) is 10.7. The minimum absolute atomic E-state index is 0.112. The van der Waals surface area contributed by atoms with E-state index in [1.165, 1.54) is 30.1 Å². The Morgan fingerprint density at radius 2 is 1.89 bits per heavy atom. The van der Waals surface area contributed by atoms with Gasteiger partial charge >= 0.3 is 5.97 Å². The SMILES string of the molecule is Cc1c(-c2cc(Sc3ccc(F)cc3C#N)c3c(C#N)cnn3c2)cnn1C1CCC(OC(=O)CN)CC1. The number of hydrogen-bond acceptors (Lipinski definition) is 8. The van der Waals surface area contributed by atoms with E-state index in [9.17, 15) is 19.7 Å². The topological polar surface area (TPSA) is 135 Å². The summed E-state index contributed by atoms with van der Waals surface area (Å²) in [5.74, 6) is -0.864. The summed E-state index contributed by atoms with van der Waals surface area (Å²) in [6, 6.07) is 10.4. The highest BCUT2D eigenvalue weighted by Gasteiger charge is 2.27. The second-order valence-corrected chi connectivity index (χ2v) is 10.2. The molecule has 1 aromatic carbocycles. The molecule has 0 atom stereocenters. The fourth-order valence-electron chi connectivity index (χ4n) is 4.90. The Labute approximate surface area is 222 Å². The van der Waals surface area contributed by atoms with Gasteiger partial charge in [0.05, 0.1) is 41.6 Å². The molecule has 1 saturated carbocycles. The third-order valence-corrected chi connectivity index (χ3v) is 7.90. The van der Waals surface area contributed by atoms with Crippen molar-refractivity contribution in [3.63, 3.8) is 0 Å². The third-order valence-electron chi connectivity index (χ3n) is 6.79. The van der Waals surface area contributed by atoms with Crippen LogP contribution in [0.4, 0.5) is 4.39 Å². The summed E-state index contributed by atoms with van der Waals surface area (Å²) in [5.41, 5.74) is 9.34. The number of halogens is 1. The minimum Gasteiger partial charge on any atom is -0.461 e. The van der Waals surface area contributed by atoms with Crippen LogP contribution in [0.1, 0.15) is 48.5 Å². The normalized spacial score (nSPS) is 17.2. The van der Waals surface area contributed by atoms with E-state index in [2.05, 4.69) is 16.3 Å². The highest BCUT2D eigenvalue weighted by Crippen LogP contribution is 2.39. The van der Waals surface area contributed by atoms with Gasteiger partial charge in [0.2, 0.25) is 0 Å². The van der Waals surface area contributed by atoms with Crippen molar-refractivity contribution in [3.05, 3.63) is 65.5 Å². The first-order valence-electron chi connectivity index (χ1n) is 12.1. The molecule has 2 N–H and O–H groups in total. The molecule has 0 bridgehead atoms. The number of benzene rings is 1. The van der Waals surface area contributed by atoms with E-state index < -0.39 is 5.82 Å². The average Bonchev–Trinajstić information content (AvgIpc) is 3.53. The average molecular weight is 530 g/mol. The van der Waals surface area contributed by atoms with Gasteiger partial charge in [0.25, 0.3) is 0 Å². The predicted octanol–water partition coefficient (Wildman–Crippen LogP) is 4.53. The van der Waals surface area contributed by atoms with Gasteiger partial charge in [-0.1, -0.05) is 11.8 Å².